The fourth-order valence-corrected chi connectivity index (χ4v) is 0.295. The van der Waals surface area contributed by atoms with Gasteiger partial charge in [0.05, 0.1) is 5.70 Å². The molecule has 0 saturated carbocycles. The maximum atomic E-state index is 5.39. The van der Waals surface area contributed by atoms with Gasteiger partial charge in [-0.05, 0) is 20.8 Å². The number of nitrogens with zero attached hydrogens (tertiary/aromatic N) is 1. The van der Waals surface area contributed by atoms with Crippen molar-refractivity contribution in [2.45, 2.75) is 34.6 Å². The highest BCUT2D eigenvalue weighted by Crippen LogP contribution is 1.95. The van der Waals surface area contributed by atoms with Gasteiger partial charge in [-0.25, -0.2) is 0 Å². The first-order valence-corrected chi connectivity index (χ1v) is 3.60. The Kier molecular flexibility index (Phi) is 9.80. The summed E-state index contributed by atoms with van der Waals surface area (Å²) < 4.78 is 0. The normalized spacial score (nSPS) is 12.1. The molecule has 2 N–H and O–H groups in total. The van der Waals surface area contributed by atoms with Gasteiger partial charge < -0.3 is 5.73 Å². The second kappa shape index (κ2) is 8.21. The summed E-state index contributed by atoms with van der Waals surface area (Å²) in [7, 11) is 0. The van der Waals surface area contributed by atoms with E-state index in [1.165, 1.54) is 0 Å². The van der Waals surface area contributed by atoms with E-state index in [2.05, 4.69) is 4.99 Å². The van der Waals surface area contributed by atoms with Gasteiger partial charge >= 0.3 is 0 Å². The molecule has 2 heteroatoms. The molecule has 0 aromatic rings. The van der Waals surface area contributed by atoms with E-state index in [0.29, 0.717) is 0 Å². The Morgan fingerprint density at radius 3 is 1.80 bits per heavy atom. The smallest absolute Gasteiger partial charge is 0.0552 e. The van der Waals surface area contributed by atoms with E-state index in [0.717, 1.165) is 11.4 Å². The zero-order valence-electron chi connectivity index (χ0n) is 7.60. The first-order valence-electron chi connectivity index (χ1n) is 3.60. The fraction of sp³-hybridized carbons (Fsp3) is 0.625. The van der Waals surface area contributed by atoms with Gasteiger partial charge in [-0.1, -0.05) is 13.8 Å². The highest BCUT2D eigenvalue weighted by atomic mass is 14.8. The maximum Gasteiger partial charge on any atom is 0.0552 e. The predicted molar refractivity (Wildman–Crippen MR) is 48.1 cm³/mol. The maximum absolute atomic E-state index is 5.39. The van der Waals surface area contributed by atoms with Crippen molar-refractivity contribution in [3.05, 3.63) is 11.4 Å². The Labute approximate surface area is 63.8 Å². The Hall–Kier alpha value is -0.790. The van der Waals surface area contributed by atoms with Gasteiger partial charge in [0.15, 0.2) is 0 Å². The number of allylic oxidation sites excluding steroid dienone is 2. The van der Waals surface area contributed by atoms with Crippen molar-refractivity contribution in [3.8, 4) is 0 Å². The summed E-state index contributed by atoms with van der Waals surface area (Å²) >= 11 is 0. The third kappa shape index (κ3) is 7.21. The number of hydrogen-bond acceptors (Lipinski definition) is 2. The van der Waals surface area contributed by atoms with Crippen LogP contribution in [0.5, 0.6) is 0 Å². The van der Waals surface area contributed by atoms with Crippen molar-refractivity contribution in [1.29, 1.82) is 0 Å². The molecule has 0 aliphatic rings. The Morgan fingerprint density at radius 1 is 1.30 bits per heavy atom. The molecule has 0 aliphatic heterocycles. The van der Waals surface area contributed by atoms with Gasteiger partial charge in [0.2, 0.25) is 0 Å². The number of rotatable bonds is 1. The van der Waals surface area contributed by atoms with Gasteiger partial charge in [0.25, 0.3) is 0 Å². The quantitative estimate of drug-likeness (QED) is 0.560. The van der Waals surface area contributed by atoms with Crippen LogP contribution in [-0.2, 0) is 0 Å². The van der Waals surface area contributed by atoms with Crippen LogP contribution in [0.2, 0.25) is 0 Å². The highest BCUT2D eigenvalue weighted by molar-refractivity contribution is 5.55. The van der Waals surface area contributed by atoms with E-state index in [-0.39, 0.29) is 0 Å². The van der Waals surface area contributed by atoms with Crippen LogP contribution in [0.25, 0.3) is 0 Å². The van der Waals surface area contributed by atoms with Crippen LogP contribution in [0.4, 0.5) is 0 Å². The second-order valence-corrected chi connectivity index (χ2v) is 1.66. The molecule has 0 saturated heterocycles. The zero-order valence-corrected chi connectivity index (χ0v) is 7.60. The van der Waals surface area contributed by atoms with Crippen LogP contribution in [0.15, 0.2) is 16.4 Å². The summed E-state index contributed by atoms with van der Waals surface area (Å²) in [5, 5.41) is 0. The zero-order chi connectivity index (χ0) is 8.57. The van der Waals surface area contributed by atoms with E-state index >= 15 is 0 Å². The molecular weight excluding hydrogens is 124 g/mol. The molecule has 0 unspecified atom stereocenters. The average molecular weight is 142 g/mol. The minimum atomic E-state index is 0.781. The van der Waals surface area contributed by atoms with Crippen molar-refractivity contribution in [2.24, 2.45) is 10.7 Å². The van der Waals surface area contributed by atoms with Gasteiger partial charge in [-0.3, -0.25) is 4.99 Å². The lowest BCUT2D eigenvalue weighted by Gasteiger charge is -1.91. The van der Waals surface area contributed by atoms with Gasteiger partial charge in [0.1, 0.15) is 0 Å². The summed E-state index contributed by atoms with van der Waals surface area (Å²) in [6, 6.07) is 0. The first kappa shape index (κ1) is 11.9. The van der Waals surface area contributed by atoms with Crippen LogP contribution in [0, 0.1) is 0 Å². The van der Waals surface area contributed by atoms with Gasteiger partial charge in [-0.2, -0.15) is 0 Å². The summed E-state index contributed by atoms with van der Waals surface area (Å²) in [5.41, 5.74) is 7.06. The molecule has 0 rings (SSSR count). The highest BCUT2D eigenvalue weighted by Gasteiger charge is 1.82. The number of nitrogens with two attached hydrogens (primary N) is 1. The molecule has 0 radical (unpaired) electrons. The topological polar surface area (TPSA) is 38.4 Å². The van der Waals surface area contributed by atoms with E-state index < -0.39 is 0 Å². The molecule has 0 heterocycles. The molecule has 60 valence electrons. The standard InChI is InChI=1S/C6H12N2.C2H6/c1-4-8-6(3)5(2)7;1-2/h4H,7H2,1-3H3;1-2H3/b6-5-,8-4?;. The summed E-state index contributed by atoms with van der Waals surface area (Å²) in [5.74, 6) is 0. The van der Waals surface area contributed by atoms with Crippen molar-refractivity contribution in [2.75, 3.05) is 0 Å². The minimum absolute atomic E-state index is 0.781. The van der Waals surface area contributed by atoms with Crippen LogP contribution in [0.1, 0.15) is 34.6 Å². The average Bonchev–Trinajstić information content (AvgIpc) is 1.93. The Balaban J connectivity index is 0. The van der Waals surface area contributed by atoms with Crippen molar-refractivity contribution >= 4 is 6.21 Å². The fourth-order valence-electron chi connectivity index (χ4n) is 0.295. The predicted octanol–water partition coefficient (Wildman–Crippen LogP) is 2.31. The molecule has 10 heavy (non-hydrogen) atoms. The van der Waals surface area contributed by atoms with Crippen LogP contribution in [-0.4, -0.2) is 6.21 Å². The summed E-state index contributed by atoms with van der Waals surface area (Å²) in [6.07, 6.45) is 1.73. The summed E-state index contributed by atoms with van der Waals surface area (Å²) in [6.45, 7) is 9.59. The molecule has 0 aromatic heterocycles. The first-order chi connectivity index (χ1) is 4.68. The van der Waals surface area contributed by atoms with E-state index in [1.807, 2.05) is 34.6 Å². The largest absolute Gasteiger partial charge is 0.401 e. The third-order valence-electron chi connectivity index (χ3n) is 0.893. The van der Waals surface area contributed by atoms with Crippen molar-refractivity contribution in [1.82, 2.24) is 0 Å². The number of aliphatic imine (C=N–C) groups is 1. The molecule has 0 aliphatic carbocycles. The molecular formula is C8H18N2. The SMILES string of the molecule is CC.CC=N/C(C)=C(/C)N. The van der Waals surface area contributed by atoms with Crippen LogP contribution < -0.4 is 5.73 Å². The molecule has 0 amide bonds. The summed E-state index contributed by atoms with van der Waals surface area (Å²) in [4.78, 5) is 3.95. The minimum Gasteiger partial charge on any atom is -0.401 e. The number of hydrogen-bond donors (Lipinski definition) is 1. The van der Waals surface area contributed by atoms with Gasteiger partial charge in [-0.15, -0.1) is 0 Å². The van der Waals surface area contributed by atoms with Gasteiger partial charge in [0, 0.05) is 11.9 Å². The Bertz CT molecular complexity index is 119. The molecule has 2 nitrogen and oxygen atoms in total. The van der Waals surface area contributed by atoms with Crippen LogP contribution in [0.3, 0.4) is 0 Å². The van der Waals surface area contributed by atoms with E-state index in [4.69, 9.17) is 5.73 Å². The third-order valence-corrected chi connectivity index (χ3v) is 0.893. The van der Waals surface area contributed by atoms with Crippen molar-refractivity contribution in [3.63, 3.8) is 0 Å². The van der Waals surface area contributed by atoms with Crippen molar-refractivity contribution < 1.29 is 0 Å². The van der Waals surface area contributed by atoms with E-state index in [9.17, 15) is 0 Å². The lowest BCUT2D eigenvalue weighted by Crippen LogP contribution is -1.93. The van der Waals surface area contributed by atoms with E-state index in [1.54, 1.807) is 6.21 Å². The molecule has 0 spiro atoms. The van der Waals surface area contributed by atoms with Crippen LogP contribution >= 0.6 is 0 Å². The second-order valence-electron chi connectivity index (χ2n) is 1.66. The molecule has 0 bridgehead atoms. The lowest BCUT2D eigenvalue weighted by atomic mass is 10.4. The molecule has 0 fully saturated rings. The molecule has 0 aromatic carbocycles. The Morgan fingerprint density at radius 2 is 1.70 bits per heavy atom. The molecule has 0 atom stereocenters. The monoisotopic (exact) mass is 142 g/mol. The lowest BCUT2D eigenvalue weighted by molar-refractivity contribution is 1.16.